The lowest BCUT2D eigenvalue weighted by Gasteiger charge is -2.24. The standard InChI is InChI=1S/C33H33NO5/c1-23-20-27(21-24(2)31(23)38-3)32(35)34(19-9-12-25-10-5-4-6-11-25)22-26-15-17-28(18-16-26)39-30-14-8-7-13-29(30)33(36)37/h4-8,10-11,13-18,20-21H,9,12,19,22H2,1-3H3,(H,36,37). The zero-order valence-corrected chi connectivity index (χ0v) is 22.5. The summed E-state index contributed by atoms with van der Waals surface area (Å²) in [4.78, 5) is 27.1. The Morgan fingerprint density at radius 2 is 1.46 bits per heavy atom. The van der Waals surface area contributed by atoms with Crippen LogP contribution < -0.4 is 9.47 Å². The minimum Gasteiger partial charge on any atom is -0.496 e. The molecule has 0 fully saturated rings. The molecule has 0 atom stereocenters. The zero-order chi connectivity index (χ0) is 27.8. The number of hydrogen-bond donors (Lipinski definition) is 1. The molecular weight excluding hydrogens is 490 g/mol. The van der Waals surface area contributed by atoms with Crippen LogP contribution in [-0.2, 0) is 13.0 Å². The van der Waals surface area contributed by atoms with Crippen molar-refractivity contribution >= 4 is 11.9 Å². The predicted octanol–water partition coefficient (Wildman–Crippen LogP) is 7.08. The van der Waals surface area contributed by atoms with Crippen LogP contribution in [0.4, 0.5) is 0 Å². The van der Waals surface area contributed by atoms with Gasteiger partial charge in [-0.05, 0) is 85.3 Å². The smallest absolute Gasteiger partial charge is 0.339 e. The number of nitrogens with zero attached hydrogens (tertiary/aromatic N) is 1. The first-order valence-corrected chi connectivity index (χ1v) is 12.9. The van der Waals surface area contributed by atoms with Gasteiger partial charge in [0.2, 0.25) is 0 Å². The molecule has 0 aliphatic carbocycles. The van der Waals surface area contributed by atoms with E-state index < -0.39 is 5.97 Å². The van der Waals surface area contributed by atoms with Crippen molar-refractivity contribution in [1.82, 2.24) is 4.90 Å². The summed E-state index contributed by atoms with van der Waals surface area (Å²) in [5.74, 6) is 0.516. The molecule has 39 heavy (non-hydrogen) atoms. The van der Waals surface area contributed by atoms with Crippen molar-refractivity contribution in [3.8, 4) is 17.2 Å². The normalized spacial score (nSPS) is 10.6. The monoisotopic (exact) mass is 523 g/mol. The quantitative estimate of drug-likeness (QED) is 0.227. The van der Waals surface area contributed by atoms with Gasteiger partial charge in [0.05, 0.1) is 7.11 Å². The first kappa shape index (κ1) is 27.5. The molecule has 0 saturated carbocycles. The molecule has 0 aromatic heterocycles. The molecule has 4 rings (SSSR count). The van der Waals surface area contributed by atoms with Crippen LogP contribution in [0.25, 0.3) is 0 Å². The molecule has 0 saturated heterocycles. The first-order chi connectivity index (χ1) is 18.9. The molecule has 0 spiro atoms. The fourth-order valence-corrected chi connectivity index (χ4v) is 4.69. The summed E-state index contributed by atoms with van der Waals surface area (Å²) >= 11 is 0. The molecule has 0 radical (unpaired) electrons. The average molecular weight is 524 g/mol. The van der Waals surface area contributed by atoms with Gasteiger partial charge < -0.3 is 19.5 Å². The number of carboxylic acids is 1. The molecular formula is C33H33NO5. The molecule has 200 valence electrons. The summed E-state index contributed by atoms with van der Waals surface area (Å²) in [5.41, 5.74) is 4.77. The van der Waals surface area contributed by atoms with Gasteiger partial charge in [-0.1, -0.05) is 54.6 Å². The fourth-order valence-electron chi connectivity index (χ4n) is 4.69. The van der Waals surface area contributed by atoms with E-state index in [1.54, 1.807) is 37.4 Å². The summed E-state index contributed by atoms with van der Waals surface area (Å²) in [6, 6.07) is 28.0. The van der Waals surface area contributed by atoms with Crippen LogP contribution >= 0.6 is 0 Å². The Kier molecular flexibility index (Phi) is 9.00. The Labute approximate surface area is 229 Å². The van der Waals surface area contributed by atoms with Gasteiger partial charge in [-0.15, -0.1) is 0 Å². The zero-order valence-electron chi connectivity index (χ0n) is 22.5. The Morgan fingerprint density at radius 3 is 2.10 bits per heavy atom. The third-order valence-electron chi connectivity index (χ3n) is 6.58. The number of aryl methyl sites for hydroxylation is 3. The number of methoxy groups -OCH3 is 1. The Morgan fingerprint density at radius 1 is 0.821 bits per heavy atom. The number of carbonyl (C=O) groups is 2. The van der Waals surface area contributed by atoms with Gasteiger partial charge in [-0.25, -0.2) is 4.79 Å². The summed E-state index contributed by atoms with van der Waals surface area (Å²) in [7, 11) is 1.64. The SMILES string of the molecule is COc1c(C)cc(C(=O)N(CCCc2ccccc2)Cc2ccc(Oc3ccccc3C(=O)O)cc2)cc1C. The van der Waals surface area contributed by atoms with Gasteiger partial charge in [-0.2, -0.15) is 0 Å². The average Bonchev–Trinajstić information content (AvgIpc) is 2.93. The van der Waals surface area contributed by atoms with Crippen molar-refractivity contribution in [3.63, 3.8) is 0 Å². The van der Waals surface area contributed by atoms with Crippen molar-refractivity contribution in [2.45, 2.75) is 33.2 Å². The van der Waals surface area contributed by atoms with E-state index in [4.69, 9.17) is 9.47 Å². The maximum absolute atomic E-state index is 13.7. The van der Waals surface area contributed by atoms with Crippen molar-refractivity contribution in [2.75, 3.05) is 13.7 Å². The van der Waals surface area contributed by atoms with E-state index in [2.05, 4.69) is 12.1 Å². The second kappa shape index (κ2) is 12.8. The third kappa shape index (κ3) is 7.05. The van der Waals surface area contributed by atoms with E-state index in [1.165, 1.54) is 11.6 Å². The van der Waals surface area contributed by atoms with Crippen LogP contribution in [-0.4, -0.2) is 35.5 Å². The van der Waals surface area contributed by atoms with E-state index >= 15 is 0 Å². The van der Waals surface area contributed by atoms with Crippen LogP contribution in [0.3, 0.4) is 0 Å². The predicted molar refractivity (Wildman–Crippen MR) is 152 cm³/mol. The van der Waals surface area contributed by atoms with Crippen molar-refractivity contribution in [1.29, 1.82) is 0 Å². The molecule has 1 amide bonds. The minimum absolute atomic E-state index is 0.0346. The van der Waals surface area contributed by atoms with Gasteiger partial charge in [0.15, 0.2) is 0 Å². The van der Waals surface area contributed by atoms with Crippen LogP contribution in [0.5, 0.6) is 17.2 Å². The molecule has 0 aliphatic heterocycles. The lowest BCUT2D eigenvalue weighted by Crippen LogP contribution is -2.32. The lowest BCUT2D eigenvalue weighted by atomic mass is 10.0. The molecule has 6 heteroatoms. The van der Waals surface area contributed by atoms with Gasteiger partial charge in [0.25, 0.3) is 5.91 Å². The number of ether oxygens (including phenoxy) is 2. The maximum Gasteiger partial charge on any atom is 0.339 e. The summed E-state index contributed by atoms with van der Waals surface area (Å²) in [6.45, 7) is 4.93. The molecule has 0 heterocycles. The van der Waals surface area contributed by atoms with E-state index in [1.807, 2.05) is 61.2 Å². The number of carboxylic acid groups (broad SMARTS) is 1. The minimum atomic E-state index is -1.05. The number of carbonyl (C=O) groups excluding carboxylic acids is 1. The van der Waals surface area contributed by atoms with Crippen LogP contribution in [0, 0.1) is 13.8 Å². The third-order valence-corrected chi connectivity index (χ3v) is 6.58. The Hall–Kier alpha value is -4.58. The Balaban J connectivity index is 1.52. The topological polar surface area (TPSA) is 76.1 Å². The fraction of sp³-hybridized carbons (Fsp3) is 0.212. The number of rotatable bonds is 11. The molecule has 4 aromatic carbocycles. The van der Waals surface area contributed by atoms with Gasteiger partial charge >= 0.3 is 5.97 Å². The number of hydrogen-bond acceptors (Lipinski definition) is 4. The summed E-state index contributed by atoms with van der Waals surface area (Å²) < 4.78 is 11.3. The second-order valence-electron chi connectivity index (χ2n) is 9.51. The number of amides is 1. The van der Waals surface area contributed by atoms with Gasteiger partial charge in [-0.3, -0.25) is 4.79 Å². The summed E-state index contributed by atoms with van der Waals surface area (Å²) in [5, 5.41) is 9.42. The van der Waals surface area contributed by atoms with E-state index in [9.17, 15) is 14.7 Å². The van der Waals surface area contributed by atoms with E-state index in [-0.39, 0.29) is 17.2 Å². The largest absolute Gasteiger partial charge is 0.496 e. The van der Waals surface area contributed by atoms with Crippen molar-refractivity contribution in [3.05, 3.63) is 124 Å². The van der Waals surface area contributed by atoms with E-state index in [0.29, 0.717) is 24.4 Å². The molecule has 0 bridgehead atoms. The van der Waals surface area contributed by atoms with Gasteiger partial charge in [0.1, 0.15) is 22.8 Å². The highest BCUT2D eigenvalue weighted by molar-refractivity contribution is 5.95. The number of aromatic carboxylic acids is 1. The second-order valence-corrected chi connectivity index (χ2v) is 9.51. The lowest BCUT2D eigenvalue weighted by molar-refractivity contribution is 0.0692. The molecule has 4 aromatic rings. The molecule has 1 N–H and O–H groups in total. The van der Waals surface area contributed by atoms with Crippen LogP contribution in [0.1, 0.15) is 49.4 Å². The highest BCUT2D eigenvalue weighted by Gasteiger charge is 2.19. The number of para-hydroxylation sites is 1. The Bertz CT molecular complexity index is 1410. The molecule has 6 nitrogen and oxygen atoms in total. The first-order valence-electron chi connectivity index (χ1n) is 12.9. The van der Waals surface area contributed by atoms with Crippen molar-refractivity contribution < 1.29 is 24.2 Å². The number of benzene rings is 4. The highest BCUT2D eigenvalue weighted by atomic mass is 16.5. The maximum atomic E-state index is 13.7. The van der Waals surface area contributed by atoms with Crippen LogP contribution in [0.15, 0.2) is 91.0 Å². The molecule has 0 unspecified atom stereocenters. The van der Waals surface area contributed by atoms with Crippen molar-refractivity contribution in [2.24, 2.45) is 0 Å². The van der Waals surface area contributed by atoms with Gasteiger partial charge in [0, 0.05) is 18.7 Å². The van der Waals surface area contributed by atoms with E-state index in [0.717, 1.165) is 35.3 Å². The summed E-state index contributed by atoms with van der Waals surface area (Å²) in [6.07, 6.45) is 1.71. The van der Waals surface area contributed by atoms with Crippen LogP contribution in [0.2, 0.25) is 0 Å². The highest BCUT2D eigenvalue weighted by Crippen LogP contribution is 2.27. The molecule has 0 aliphatic rings.